The van der Waals surface area contributed by atoms with Crippen molar-refractivity contribution in [1.82, 2.24) is 5.32 Å². The fraction of sp³-hybridized carbons (Fsp3) is 0.500. The smallest absolute Gasteiger partial charge is 0.161 e. The van der Waals surface area contributed by atoms with Gasteiger partial charge in [0.25, 0.3) is 0 Å². The van der Waals surface area contributed by atoms with Crippen molar-refractivity contribution >= 4 is 11.8 Å². The van der Waals surface area contributed by atoms with Crippen molar-refractivity contribution in [2.75, 3.05) is 27.3 Å². The Hall–Kier alpha value is -0.870. The van der Waals surface area contributed by atoms with E-state index in [1.165, 1.54) is 11.3 Å². The first kappa shape index (κ1) is 11.6. The van der Waals surface area contributed by atoms with Crippen molar-refractivity contribution in [1.29, 1.82) is 0 Å². The van der Waals surface area contributed by atoms with E-state index in [1.807, 2.05) is 23.9 Å². The van der Waals surface area contributed by atoms with E-state index < -0.39 is 0 Å². The quantitative estimate of drug-likeness (QED) is 0.872. The molecule has 4 heteroatoms. The molecule has 1 saturated heterocycles. The van der Waals surface area contributed by atoms with Gasteiger partial charge in [0, 0.05) is 16.7 Å². The van der Waals surface area contributed by atoms with E-state index in [0.717, 1.165) is 24.6 Å². The maximum Gasteiger partial charge on any atom is 0.161 e. The van der Waals surface area contributed by atoms with E-state index in [9.17, 15) is 0 Å². The first-order chi connectivity index (χ1) is 7.83. The van der Waals surface area contributed by atoms with E-state index in [1.54, 1.807) is 14.2 Å². The molecular weight excluding hydrogens is 222 g/mol. The lowest BCUT2D eigenvalue weighted by Gasteiger charge is -2.11. The number of rotatable bonds is 4. The first-order valence-electron chi connectivity index (χ1n) is 5.43. The Kier molecular flexibility index (Phi) is 3.96. The predicted octanol–water partition coefficient (Wildman–Crippen LogP) is 2.16. The Morgan fingerprint density at radius 3 is 2.69 bits per heavy atom. The number of methoxy groups -OCH3 is 2. The molecule has 0 radical (unpaired) electrons. The van der Waals surface area contributed by atoms with Crippen LogP contribution < -0.4 is 14.8 Å². The summed E-state index contributed by atoms with van der Waals surface area (Å²) in [4.78, 5) is 1.24. The van der Waals surface area contributed by atoms with Gasteiger partial charge in [-0.25, -0.2) is 0 Å². The van der Waals surface area contributed by atoms with Gasteiger partial charge in [-0.2, -0.15) is 0 Å². The molecule has 0 saturated carbocycles. The summed E-state index contributed by atoms with van der Waals surface area (Å²) in [6, 6.07) is 6.09. The van der Waals surface area contributed by atoms with Crippen molar-refractivity contribution in [3.63, 3.8) is 0 Å². The average Bonchev–Trinajstić information content (AvgIpc) is 2.81. The minimum Gasteiger partial charge on any atom is -0.493 e. The van der Waals surface area contributed by atoms with Crippen LogP contribution >= 0.6 is 11.8 Å². The Labute approximate surface area is 101 Å². The Morgan fingerprint density at radius 1 is 1.25 bits per heavy atom. The molecule has 1 N–H and O–H groups in total. The minimum absolute atomic E-state index is 0.679. The van der Waals surface area contributed by atoms with Gasteiger partial charge in [0.2, 0.25) is 0 Å². The normalized spacial score (nSPS) is 19.8. The average molecular weight is 239 g/mol. The molecule has 3 nitrogen and oxygen atoms in total. The van der Waals surface area contributed by atoms with Gasteiger partial charge in [-0.15, -0.1) is 11.8 Å². The van der Waals surface area contributed by atoms with E-state index >= 15 is 0 Å². The first-order valence-corrected chi connectivity index (χ1v) is 6.31. The molecule has 1 heterocycles. The third-order valence-electron chi connectivity index (χ3n) is 2.67. The lowest BCUT2D eigenvalue weighted by molar-refractivity contribution is 0.354. The fourth-order valence-electron chi connectivity index (χ4n) is 1.81. The molecule has 0 aromatic heterocycles. The summed E-state index contributed by atoms with van der Waals surface area (Å²) >= 11 is 1.90. The minimum atomic E-state index is 0.679. The third kappa shape index (κ3) is 2.62. The van der Waals surface area contributed by atoms with Crippen LogP contribution in [0.15, 0.2) is 23.1 Å². The number of nitrogens with one attached hydrogen (secondary N) is 1. The highest BCUT2D eigenvalue weighted by Gasteiger charge is 2.16. The van der Waals surface area contributed by atoms with E-state index in [-0.39, 0.29) is 0 Å². The molecule has 0 amide bonds. The second kappa shape index (κ2) is 5.46. The van der Waals surface area contributed by atoms with Crippen LogP contribution in [-0.2, 0) is 0 Å². The second-order valence-corrected chi connectivity index (χ2v) is 5.12. The van der Waals surface area contributed by atoms with Gasteiger partial charge in [-0.1, -0.05) is 0 Å². The summed E-state index contributed by atoms with van der Waals surface area (Å²) < 4.78 is 10.5. The van der Waals surface area contributed by atoms with E-state index in [0.29, 0.717) is 5.25 Å². The maximum atomic E-state index is 5.29. The molecule has 1 aromatic carbocycles. The molecule has 1 fully saturated rings. The van der Waals surface area contributed by atoms with Gasteiger partial charge in [0.1, 0.15) is 0 Å². The number of benzene rings is 1. The molecule has 0 aliphatic carbocycles. The monoisotopic (exact) mass is 239 g/mol. The highest BCUT2D eigenvalue weighted by molar-refractivity contribution is 8.00. The van der Waals surface area contributed by atoms with Crippen LogP contribution in [0.4, 0.5) is 0 Å². The zero-order valence-corrected chi connectivity index (χ0v) is 10.5. The Balaban J connectivity index is 2.09. The molecule has 2 rings (SSSR count). The predicted molar refractivity (Wildman–Crippen MR) is 66.7 cm³/mol. The topological polar surface area (TPSA) is 30.5 Å². The molecule has 16 heavy (non-hydrogen) atoms. The summed E-state index contributed by atoms with van der Waals surface area (Å²) in [6.07, 6.45) is 1.24. The largest absolute Gasteiger partial charge is 0.493 e. The van der Waals surface area contributed by atoms with E-state index in [4.69, 9.17) is 9.47 Å². The summed E-state index contributed by atoms with van der Waals surface area (Å²) in [5, 5.41) is 4.05. The lowest BCUT2D eigenvalue weighted by atomic mass is 10.3. The van der Waals surface area contributed by atoms with Gasteiger partial charge in [-0.05, 0) is 31.2 Å². The van der Waals surface area contributed by atoms with Crippen LogP contribution in [0.1, 0.15) is 6.42 Å². The Bertz CT molecular complexity index is 351. The van der Waals surface area contributed by atoms with E-state index in [2.05, 4.69) is 11.4 Å². The highest BCUT2D eigenvalue weighted by Crippen LogP contribution is 2.34. The molecule has 1 aliphatic heterocycles. The lowest BCUT2D eigenvalue weighted by Crippen LogP contribution is -2.09. The zero-order valence-electron chi connectivity index (χ0n) is 9.66. The van der Waals surface area contributed by atoms with Crippen LogP contribution in [-0.4, -0.2) is 32.6 Å². The fourth-order valence-corrected chi connectivity index (χ4v) is 2.95. The Morgan fingerprint density at radius 2 is 2.06 bits per heavy atom. The number of hydrogen-bond acceptors (Lipinski definition) is 4. The summed E-state index contributed by atoms with van der Waals surface area (Å²) in [7, 11) is 3.33. The standard InChI is InChI=1S/C12H17NO2S/c1-14-11-4-3-9(7-12(11)15-2)16-10-5-6-13-8-10/h3-4,7,10,13H,5-6,8H2,1-2H3. The molecule has 1 atom stereocenters. The number of ether oxygens (including phenoxy) is 2. The molecule has 0 bridgehead atoms. The zero-order chi connectivity index (χ0) is 11.4. The van der Waals surface area contributed by atoms with Crippen molar-refractivity contribution in [2.24, 2.45) is 0 Å². The highest BCUT2D eigenvalue weighted by atomic mass is 32.2. The molecule has 88 valence electrons. The van der Waals surface area contributed by atoms with Gasteiger partial charge in [0.05, 0.1) is 14.2 Å². The third-order valence-corrected chi connectivity index (χ3v) is 3.93. The summed E-state index contributed by atoms with van der Waals surface area (Å²) in [6.45, 7) is 2.23. The van der Waals surface area contributed by atoms with Crippen LogP contribution in [0.5, 0.6) is 11.5 Å². The van der Waals surface area contributed by atoms with Gasteiger partial charge in [0.15, 0.2) is 11.5 Å². The van der Waals surface area contributed by atoms with Crippen molar-refractivity contribution in [2.45, 2.75) is 16.6 Å². The molecule has 1 aromatic rings. The van der Waals surface area contributed by atoms with Crippen molar-refractivity contribution in [3.05, 3.63) is 18.2 Å². The van der Waals surface area contributed by atoms with Crippen molar-refractivity contribution in [3.8, 4) is 11.5 Å². The van der Waals surface area contributed by atoms with Gasteiger partial charge in [-0.3, -0.25) is 0 Å². The van der Waals surface area contributed by atoms with Crippen LogP contribution in [0.2, 0.25) is 0 Å². The molecule has 1 aliphatic rings. The van der Waals surface area contributed by atoms with Crippen LogP contribution in [0.25, 0.3) is 0 Å². The van der Waals surface area contributed by atoms with Gasteiger partial charge < -0.3 is 14.8 Å². The SMILES string of the molecule is COc1ccc(SC2CCNC2)cc1OC. The number of hydrogen-bond donors (Lipinski definition) is 1. The molecular formula is C12H17NO2S. The molecule has 0 spiro atoms. The molecule has 1 unspecified atom stereocenters. The van der Waals surface area contributed by atoms with Crippen molar-refractivity contribution < 1.29 is 9.47 Å². The summed E-state index contributed by atoms with van der Waals surface area (Å²) in [5.41, 5.74) is 0. The van der Waals surface area contributed by atoms with Crippen LogP contribution in [0.3, 0.4) is 0 Å². The van der Waals surface area contributed by atoms with Gasteiger partial charge >= 0.3 is 0 Å². The van der Waals surface area contributed by atoms with Crippen LogP contribution in [0, 0.1) is 0 Å². The maximum absolute atomic E-state index is 5.29. The summed E-state index contributed by atoms with van der Waals surface area (Å²) in [5.74, 6) is 1.59. The second-order valence-electron chi connectivity index (χ2n) is 3.75. The number of thioether (sulfide) groups is 1.